The van der Waals surface area contributed by atoms with Gasteiger partial charge in [0.2, 0.25) is 5.91 Å². The first-order valence-electron chi connectivity index (χ1n) is 6.08. The van der Waals surface area contributed by atoms with Crippen molar-refractivity contribution in [1.82, 2.24) is 10.6 Å². The standard InChI is InChI=1S/C13H16F2N2O2/c1-19-10-5-12(16-7-10)13(18)17-6-8-4-9(14)2-3-11(8)15/h2-4,10,12,16H,5-7H2,1H3,(H,17,18). The maximum absolute atomic E-state index is 13.4. The minimum absolute atomic E-state index is 0.0154. The van der Waals surface area contributed by atoms with Crippen molar-refractivity contribution in [3.8, 4) is 0 Å². The van der Waals surface area contributed by atoms with Gasteiger partial charge < -0.3 is 15.4 Å². The van der Waals surface area contributed by atoms with Gasteiger partial charge in [0.05, 0.1) is 12.1 Å². The number of nitrogens with one attached hydrogen (secondary N) is 2. The van der Waals surface area contributed by atoms with Crippen molar-refractivity contribution in [2.75, 3.05) is 13.7 Å². The van der Waals surface area contributed by atoms with Crippen LogP contribution in [0.1, 0.15) is 12.0 Å². The van der Waals surface area contributed by atoms with Crippen LogP contribution in [0.4, 0.5) is 8.78 Å². The van der Waals surface area contributed by atoms with E-state index in [1.807, 2.05) is 0 Å². The number of carbonyl (C=O) groups is 1. The number of carbonyl (C=O) groups excluding carboxylic acids is 1. The van der Waals surface area contributed by atoms with Crippen molar-refractivity contribution in [3.05, 3.63) is 35.4 Å². The lowest BCUT2D eigenvalue weighted by molar-refractivity contribution is -0.123. The van der Waals surface area contributed by atoms with Crippen LogP contribution in [0.15, 0.2) is 18.2 Å². The van der Waals surface area contributed by atoms with Gasteiger partial charge in [0.15, 0.2) is 0 Å². The van der Waals surface area contributed by atoms with E-state index in [0.717, 1.165) is 18.2 Å². The summed E-state index contributed by atoms with van der Waals surface area (Å²) >= 11 is 0. The maximum atomic E-state index is 13.4. The summed E-state index contributed by atoms with van der Waals surface area (Å²) in [5, 5.41) is 5.60. The summed E-state index contributed by atoms with van der Waals surface area (Å²) in [7, 11) is 1.59. The van der Waals surface area contributed by atoms with Crippen LogP contribution in [0.5, 0.6) is 0 Å². The molecule has 0 saturated carbocycles. The highest BCUT2D eigenvalue weighted by molar-refractivity contribution is 5.82. The Morgan fingerprint density at radius 1 is 1.53 bits per heavy atom. The smallest absolute Gasteiger partial charge is 0.237 e. The number of benzene rings is 1. The minimum atomic E-state index is -0.532. The molecule has 104 valence electrons. The number of rotatable bonds is 4. The predicted octanol–water partition coefficient (Wildman–Crippen LogP) is 0.958. The summed E-state index contributed by atoms with van der Waals surface area (Å²) in [6.07, 6.45) is 0.593. The summed E-state index contributed by atoms with van der Waals surface area (Å²) in [6.45, 7) is 0.584. The quantitative estimate of drug-likeness (QED) is 0.856. The Labute approximate surface area is 110 Å². The molecule has 1 saturated heterocycles. The molecule has 0 radical (unpaired) electrons. The largest absolute Gasteiger partial charge is 0.380 e. The van der Waals surface area contributed by atoms with E-state index >= 15 is 0 Å². The van der Waals surface area contributed by atoms with E-state index in [4.69, 9.17) is 4.74 Å². The Balaban J connectivity index is 1.88. The van der Waals surface area contributed by atoms with E-state index in [2.05, 4.69) is 10.6 Å². The normalized spacial score (nSPS) is 22.5. The van der Waals surface area contributed by atoms with Gasteiger partial charge in [-0.1, -0.05) is 0 Å². The van der Waals surface area contributed by atoms with E-state index in [1.54, 1.807) is 7.11 Å². The predicted molar refractivity (Wildman–Crippen MR) is 65.4 cm³/mol. The topological polar surface area (TPSA) is 50.4 Å². The molecule has 2 N–H and O–H groups in total. The molecular formula is C13H16F2N2O2. The molecule has 6 heteroatoms. The van der Waals surface area contributed by atoms with Gasteiger partial charge >= 0.3 is 0 Å². The van der Waals surface area contributed by atoms with E-state index in [1.165, 1.54) is 0 Å². The second kappa shape index (κ2) is 6.08. The second-order valence-corrected chi connectivity index (χ2v) is 4.51. The van der Waals surface area contributed by atoms with Crippen molar-refractivity contribution < 1.29 is 18.3 Å². The summed E-state index contributed by atoms with van der Waals surface area (Å²) in [6, 6.07) is 2.82. The fraction of sp³-hybridized carbons (Fsp3) is 0.462. The Hall–Kier alpha value is -1.53. The van der Waals surface area contributed by atoms with Crippen molar-refractivity contribution in [2.45, 2.75) is 25.1 Å². The Kier molecular flexibility index (Phi) is 4.44. The third-order valence-corrected chi connectivity index (χ3v) is 3.20. The van der Waals surface area contributed by atoms with Gasteiger partial charge in [-0.15, -0.1) is 0 Å². The van der Waals surface area contributed by atoms with Crippen LogP contribution in [0.2, 0.25) is 0 Å². The summed E-state index contributed by atoms with van der Waals surface area (Å²) in [5.74, 6) is -1.29. The van der Waals surface area contributed by atoms with Crippen LogP contribution in [0.25, 0.3) is 0 Å². The van der Waals surface area contributed by atoms with E-state index in [0.29, 0.717) is 13.0 Å². The number of ether oxygens (including phenoxy) is 1. The van der Waals surface area contributed by atoms with Crippen molar-refractivity contribution >= 4 is 5.91 Å². The molecule has 1 aliphatic rings. The molecule has 2 atom stereocenters. The fourth-order valence-corrected chi connectivity index (χ4v) is 2.07. The van der Waals surface area contributed by atoms with Gasteiger partial charge in [0.1, 0.15) is 11.6 Å². The molecule has 0 spiro atoms. The van der Waals surface area contributed by atoms with Gasteiger partial charge in [-0.3, -0.25) is 4.79 Å². The molecule has 0 aromatic heterocycles. The molecule has 1 aromatic carbocycles. The highest BCUT2D eigenvalue weighted by Gasteiger charge is 2.29. The average molecular weight is 270 g/mol. The van der Waals surface area contributed by atoms with Gasteiger partial charge in [-0.25, -0.2) is 8.78 Å². The van der Waals surface area contributed by atoms with Crippen LogP contribution >= 0.6 is 0 Å². The molecule has 4 nitrogen and oxygen atoms in total. The lowest BCUT2D eigenvalue weighted by Gasteiger charge is -2.11. The summed E-state index contributed by atoms with van der Waals surface area (Å²) in [4.78, 5) is 11.8. The first-order valence-corrected chi connectivity index (χ1v) is 6.08. The molecule has 0 aliphatic carbocycles. The number of halogens is 2. The number of hydrogen-bond donors (Lipinski definition) is 2. The Morgan fingerprint density at radius 2 is 2.32 bits per heavy atom. The highest BCUT2D eigenvalue weighted by atomic mass is 19.1. The zero-order valence-corrected chi connectivity index (χ0v) is 10.6. The highest BCUT2D eigenvalue weighted by Crippen LogP contribution is 2.11. The zero-order chi connectivity index (χ0) is 13.8. The molecule has 1 heterocycles. The van der Waals surface area contributed by atoms with Gasteiger partial charge in [0.25, 0.3) is 0 Å². The third kappa shape index (κ3) is 3.48. The fourth-order valence-electron chi connectivity index (χ4n) is 2.07. The lowest BCUT2D eigenvalue weighted by Crippen LogP contribution is -2.40. The number of hydrogen-bond acceptors (Lipinski definition) is 3. The van der Waals surface area contributed by atoms with Gasteiger partial charge in [0, 0.05) is 25.8 Å². The molecule has 19 heavy (non-hydrogen) atoms. The first kappa shape index (κ1) is 13.9. The Bertz CT molecular complexity index is 468. The molecule has 2 rings (SSSR count). The second-order valence-electron chi connectivity index (χ2n) is 4.51. The SMILES string of the molecule is COC1CNC(C(=O)NCc2cc(F)ccc2F)C1. The lowest BCUT2D eigenvalue weighted by atomic mass is 10.1. The molecule has 2 unspecified atom stereocenters. The summed E-state index contributed by atoms with van der Waals surface area (Å²) < 4.78 is 31.5. The maximum Gasteiger partial charge on any atom is 0.237 e. The van der Waals surface area contributed by atoms with E-state index in [-0.39, 0.29) is 30.2 Å². The van der Waals surface area contributed by atoms with Crippen LogP contribution in [0.3, 0.4) is 0 Å². The van der Waals surface area contributed by atoms with E-state index < -0.39 is 11.6 Å². The molecule has 1 aromatic rings. The average Bonchev–Trinajstić information content (AvgIpc) is 2.88. The van der Waals surface area contributed by atoms with Crippen LogP contribution in [-0.4, -0.2) is 31.7 Å². The minimum Gasteiger partial charge on any atom is -0.380 e. The van der Waals surface area contributed by atoms with Crippen molar-refractivity contribution in [2.24, 2.45) is 0 Å². The molecular weight excluding hydrogens is 254 g/mol. The molecule has 1 fully saturated rings. The van der Waals surface area contributed by atoms with Crippen LogP contribution < -0.4 is 10.6 Å². The Morgan fingerprint density at radius 3 is 3.00 bits per heavy atom. The van der Waals surface area contributed by atoms with Crippen LogP contribution in [-0.2, 0) is 16.1 Å². The van der Waals surface area contributed by atoms with E-state index in [9.17, 15) is 13.6 Å². The molecule has 1 aliphatic heterocycles. The van der Waals surface area contributed by atoms with Crippen molar-refractivity contribution in [1.29, 1.82) is 0 Å². The van der Waals surface area contributed by atoms with Gasteiger partial charge in [-0.2, -0.15) is 0 Å². The molecule has 1 amide bonds. The molecule has 0 bridgehead atoms. The zero-order valence-electron chi connectivity index (χ0n) is 10.6. The third-order valence-electron chi connectivity index (χ3n) is 3.20. The first-order chi connectivity index (χ1) is 9.10. The monoisotopic (exact) mass is 270 g/mol. The number of amides is 1. The van der Waals surface area contributed by atoms with Gasteiger partial charge in [-0.05, 0) is 24.6 Å². The van der Waals surface area contributed by atoms with Crippen molar-refractivity contribution in [3.63, 3.8) is 0 Å². The van der Waals surface area contributed by atoms with Crippen LogP contribution in [0, 0.1) is 11.6 Å². The number of methoxy groups -OCH3 is 1. The summed E-state index contributed by atoms with van der Waals surface area (Å²) in [5.41, 5.74) is 0.134.